The number of oxazole rings is 1. The van der Waals surface area contributed by atoms with Gasteiger partial charge in [-0.25, -0.2) is 14.4 Å². The molecule has 186 valence electrons. The SMILES string of the molecule is N#Cc1c(N)nc(SCc2coc(-c3ccc(Cl)c(Cl)c3)n2)c(C#N)c1-c1ccc(OCCO)c(F)c1. The molecule has 4 aromatic rings. The Bertz CT molecular complexity index is 1570. The molecule has 0 aliphatic heterocycles. The average molecular weight is 556 g/mol. The van der Waals surface area contributed by atoms with E-state index in [0.717, 1.165) is 17.8 Å². The Morgan fingerprint density at radius 1 is 1.05 bits per heavy atom. The first kappa shape index (κ1) is 26.3. The van der Waals surface area contributed by atoms with Gasteiger partial charge in [-0.1, -0.05) is 41.0 Å². The molecule has 0 atom stereocenters. The highest BCUT2D eigenvalue weighted by Gasteiger charge is 2.22. The Morgan fingerprint density at radius 2 is 1.81 bits per heavy atom. The van der Waals surface area contributed by atoms with Gasteiger partial charge < -0.3 is 20.0 Å². The van der Waals surface area contributed by atoms with Crippen LogP contribution >= 0.6 is 35.0 Å². The number of thioether (sulfide) groups is 1. The van der Waals surface area contributed by atoms with Crippen molar-refractivity contribution >= 4 is 40.8 Å². The van der Waals surface area contributed by atoms with Crippen molar-refractivity contribution in [3.63, 3.8) is 0 Å². The molecule has 0 radical (unpaired) electrons. The van der Waals surface area contributed by atoms with E-state index in [0.29, 0.717) is 27.2 Å². The van der Waals surface area contributed by atoms with Crippen LogP contribution in [0.4, 0.5) is 10.2 Å². The minimum Gasteiger partial charge on any atom is -0.488 e. The number of aliphatic hydroxyl groups is 1. The van der Waals surface area contributed by atoms with Crippen LogP contribution in [0.3, 0.4) is 0 Å². The lowest BCUT2D eigenvalue weighted by molar-refractivity contribution is 0.196. The first-order valence-electron chi connectivity index (χ1n) is 10.6. The lowest BCUT2D eigenvalue weighted by Gasteiger charge is -2.14. The van der Waals surface area contributed by atoms with E-state index >= 15 is 0 Å². The maximum absolute atomic E-state index is 14.6. The summed E-state index contributed by atoms with van der Waals surface area (Å²) in [6.45, 7) is -0.360. The molecule has 2 aromatic carbocycles. The number of hydrogen-bond acceptors (Lipinski definition) is 9. The molecule has 8 nitrogen and oxygen atoms in total. The Morgan fingerprint density at radius 3 is 2.49 bits per heavy atom. The van der Waals surface area contributed by atoms with E-state index < -0.39 is 5.82 Å². The molecule has 37 heavy (non-hydrogen) atoms. The number of nitrogens with two attached hydrogens (primary N) is 1. The van der Waals surface area contributed by atoms with E-state index in [4.69, 9.17) is 43.2 Å². The number of benzene rings is 2. The van der Waals surface area contributed by atoms with Crippen LogP contribution in [0.1, 0.15) is 16.8 Å². The molecule has 12 heteroatoms. The third-order valence-electron chi connectivity index (χ3n) is 5.06. The molecule has 0 bridgehead atoms. The van der Waals surface area contributed by atoms with Crippen molar-refractivity contribution in [2.75, 3.05) is 18.9 Å². The number of nitrogen functional groups attached to an aromatic ring is 1. The number of ether oxygens (including phenoxy) is 1. The zero-order valence-electron chi connectivity index (χ0n) is 18.8. The highest BCUT2D eigenvalue weighted by Crippen LogP contribution is 2.38. The molecule has 0 saturated carbocycles. The number of nitriles is 2. The summed E-state index contributed by atoms with van der Waals surface area (Å²) >= 11 is 13.2. The fourth-order valence-corrected chi connectivity index (χ4v) is 4.57. The van der Waals surface area contributed by atoms with Crippen LogP contribution in [-0.2, 0) is 5.75 Å². The fourth-order valence-electron chi connectivity index (χ4n) is 3.40. The van der Waals surface area contributed by atoms with Crippen LogP contribution in [0, 0.1) is 28.5 Å². The zero-order valence-corrected chi connectivity index (χ0v) is 21.2. The van der Waals surface area contributed by atoms with E-state index in [1.807, 2.05) is 6.07 Å². The third-order valence-corrected chi connectivity index (χ3v) is 6.81. The summed E-state index contributed by atoms with van der Waals surface area (Å²) in [5, 5.41) is 29.6. The van der Waals surface area contributed by atoms with Gasteiger partial charge in [-0.2, -0.15) is 10.5 Å². The molecular formula is C25H16Cl2FN5O3S. The van der Waals surface area contributed by atoms with Crippen molar-refractivity contribution in [2.24, 2.45) is 0 Å². The van der Waals surface area contributed by atoms with Gasteiger partial charge in [-0.15, -0.1) is 0 Å². The Kier molecular flexibility index (Phi) is 8.17. The third kappa shape index (κ3) is 5.63. The van der Waals surface area contributed by atoms with Gasteiger partial charge in [0, 0.05) is 16.9 Å². The fraction of sp³-hybridized carbons (Fsp3) is 0.120. The summed E-state index contributed by atoms with van der Waals surface area (Å²) in [4.78, 5) is 8.68. The molecule has 0 amide bonds. The van der Waals surface area contributed by atoms with Crippen molar-refractivity contribution in [3.8, 4) is 40.5 Å². The second-order valence-corrected chi connectivity index (χ2v) is 9.21. The standard InChI is InChI=1S/C25H16Cl2FN5O3S/c26-18-3-1-14(7-19(18)27)24-32-15(11-36-24)12-37-25-17(10-30)22(16(9-29)23(31)33-25)13-2-4-21(20(28)8-13)35-6-5-34/h1-4,7-8,11,34H,5-6,12H2,(H2,31,33). The van der Waals surface area contributed by atoms with E-state index in [9.17, 15) is 14.9 Å². The van der Waals surface area contributed by atoms with Gasteiger partial charge in [0.1, 0.15) is 41.4 Å². The molecule has 0 aliphatic rings. The Hall–Kier alpha value is -3.80. The Balaban J connectivity index is 1.66. The van der Waals surface area contributed by atoms with Gasteiger partial charge in [-0.05, 0) is 35.9 Å². The topological polar surface area (TPSA) is 142 Å². The quantitative estimate of drug-likeness (QED) is 0.256. The second-order valence-electron chi connectivity index (χ2n) is 7.43. The molecule has 0 unspecified atom stereocenters. The van der Waals surface area contributed by atoms with Gasteiger partial charge >= 0.3 is 0 Å². The number of pyridine rings is 1. The molecule has 4 rings (SSSR count). The van der Waals surface area contributed by atoms with Crippen LogP contribution in [0.5, 0.6) is 5.75 Å². The van der Waals surface area contributed by atoms with Crippen molar-refractivity contribution in [3.05, 3.63) is 75.3 Å². The van der Waals surface area contributed by atoms with Gasteiger partial charge in [0.15, 0.2) is 11.6 Å². The van der Waals surface area contributed by atoms with Gasteiger partial charge in [0.2, 0.25) is 5.89 Å². The summed E-state index contributed by atoms with van der Waals surface area (Å²) < 4.78 is 25.3. The van der Waals surface area contributed by atoms with Crippen LogP contribution in [-0.4, -0.2) is 28.3 Å². The lowest BCUT2D eigenvalue weighted by atomic mass is 9.96. The summed E-state index contributed by atoms with van der Waals surface area (Å²) in [6, 6.07) is 13.0. The normalized spacial score (nSPS) is 10.6. The molecule has 3 N–H and O–H groups in total. The first-order valence-corrected chi connectivity index (χ1v) is 12.3. The van der Waals surface area contributed by atoms with Crippen LogP contribution in [0.2, 0.25) is 10.0 Å². The van der Waals surface area contributed by atoms with Crippen molar-refractivity contribution < 1.29 is 18.7 Å². The van der Waals surface area contributed by atoms with Gasteiger partial charge in [0.25, 0.3) is 0 Å². The molecule has 0 fully saturated rings. The number of aliphatic hydroxyl groups excluding tert-OH is 1. The maximum atomic E-state index is 14.6. The highest BCUT2D eigenvalue weighted by molar-refractivity contribution is 7.98. The monoisotopic (exact) mass is 555 g/mol. The number of hydrogen-bond donors (Lipinski definition) is 2. The average Bonchev–Trinajstić information content (AvgIpc) is 3.37. The minimum atomic E-state index is -0.722. The van der Waals surface area contributed by atoms with Crippen LogP contribution in [0.15, 0.2) is 52.1 Å². The van der Waals surface area contributed by atoms with E-state index in [1.165, 1.54) is 18.4 Å². The number of rotatable bonds is 8. The molecule has 0 aliphatic carbocycles. The summed E-state index contributed by atoms with van der Waals surface area (Å²) in [6.07, 6.45) is 1.46. The number of aromatic nitrogens is 2. The second kappa shape index (κ2) is 11.5. The number of halogens is 3. The maximum Gasteiger partial charge on any atom is 0.226 e. The largest absolute Gasteiger partial charge is 0.488 e. The summed E-state index contributed by atoms with van der Waals surface area (Å²) in [5.41, 5.74) is 7.66. The predicted octanol–water partition coefficient (Wildman–Crippen LogP) is 5.84. The number of nitrogens with zero attached hydrogens (tertiary/aromatic N) is 4. The molecular weight excluding hydrogens is 540 g/mol. The van der Waals surface area contributed by atoms with Crippen LogP contribution < -0.4 is 10.5 Å². The van der Waals surface area contributed by atoms with Gasteiger partial charge in [-0.3, -0.25) is 0 Å². The molecule has 0 spiro atoms. The van der Waals surface area contributed by atoms with E-state index in [1.54, 1.807) is 18.2 Å². The van der Waals surface area contributed by atoms with Crippen molar-refractivity contribution in [2.45, 2.75) is 10.8 Å². The predicted molar refractivity (Wildman–Crippen MR) is 138 cm³/mol. The first-order chi connectivity index (χ1) is 17.9. The number of anilines is 1. The lowest BCUT2D eigenvalue weighted by Crippen LogP contribution is -2.05. The van der Waals surface area contributed by atoms with Crippen LogP contribution in [0.25, 0.3) is 22.6 Å². The molecule has 0 saturated heterocycles. The zero-order chi connectivity index (χ0) is 26.5. The smallest absolute Gasteiger partial charge is 0.226 e. The van der Waals surface area contributed by atoms with E-state index in [2.05, 4.69) is 16.0 Å². The Labute approximate surface area is 225 Å². The highest BCUT2D eigenvalue weighted by atomic mass is 35.5. The molecule has 2 aromatic heterocycles. The summed E-state index contributed by atoms with van der Waals surface area (Å²) in [7, 11) is 0. The molecule has 2 heterocycles. The van der Waals surface area contributed by atoms with E-state index in [-0.39, 0.29) is 57.8 Å². The van der Waals surface area contributed by atoms with Crippen molar-refractivity contribution in [1.29, 1.82) is 10.5 Å². The van der Waals surface area contributed by atoms with Crippen molar-refractivity contribution in [1.82, 2.24) is 9.97 Å². The minimum absolute atomic E-state index is 0.0485. The summed E-state index contributed by atoms with van der Waals surface area (Å²) in [5.74, 6) is -0.297. The van der Waals surface area contributed by atoms with Gasteiger partial charge in [0.05, 0.1) is 27.9 Å².